The number of hydrogen-bond acceptors (Lipinski definition) is 5. The normalized spacial score (nSPS) is 12.9. The monoisotopic (exact) mass is 196 g/mol. The predicted octanol–water partition coefficient (Wildman–Crippen LogP) is 0.536. The van der Waals surface area contributed by atoms with Crippen molar-refractivity contribution in [2.24, 2.45) is 10.2 Å². The maximum atomic E-state index is 10.8. The maximum Gasteiger partial charge on any atom is 0.338 e. The minimum atomic E-state index is -1.44. The van der Waals surface area contributed by atoms with E-state index in [1.54, 1.807) is 0 Å². The van der Waals surface area contributed by atoms with Crippen LogP contribution < -0.4 is 0 Å². The highest BCUT2D eigenvalue weighted by molar-refractivity contribution is 6.01. The van der Waals surface area contributed by atoms with E-state index < -0.39 is 17.8 Å². The summed E-state index contributed by atoms with van der Waals surface area (Å²) in [7, 11) is 0. The number of aromatic nitrogens is 2. The second kappa shape index (κ2) is 4.26. The van der Waals surface area contributed by atoms with Gasteiger partial charge in [-0.3, -0.25) is 9.89 Å². The molecule has 0 aliphatic carbocycles. The molecule has 0 fully saturated rings. The largest absolute Gasteiger partial charge is 0.479 e. The summed E-state index contributed by atoms with van der Waals surface area (Å²) in [5.74, 6) is -1.88. The first-order chi connectivity index (χ1) is 6.61. The standard InChI is InChI=1S/C7H8N4O3/c1-4(12)6(7(13)14)11-10-5-2-8-9-3-5/h2-3,6H,1H3,(H,8,9)(H,13,14)/b11-10+. The molecule has 2 N–H and O–H groups in total. The molecule has 0 saturated carbocycles. The minimum Gasteiger partial charge on any atom is -0.479 e. The molecule has 14 heavy (non-hydrogen) atoms. The zero-order chi connectivity index (χ0) is 10.6. The summed E-state index contributed by atoms with van der Waals surface area (Å²) in [5, 5.41) is 21.5. The van der Waals surface area contributed by atoms with Crippen molar-refractivity contribution in [3.05, 3.63) is 12.4 Å². The molecule has 1 aromatic heterocycles. The van der Waals surface area contributed by atoms with Crippen molar-refractivity contribution in [1.82, 2.24) is 10.2 Å². The van der Waals surface area contributed by atoms with Gasteiger partial charge in [0.25, 0.3) is 0 Å². The van der Waals surface area contributed by atoms with Gasteiger partial charge in [-0.2, -0.15) is 15.3 Å². The summed E-state index contributed by atoms with van der Waals surface area (Å²) in [6.45, 7) is 1.15. The second-order valence-corrected chi connectivity index (χ2v) is 2.52. The molecule has 1 heterocycles. The number of carbonyl (C=O) groups is 2. The van der Waals surface area contributed by atoms with Gasteiger partial charge in [-0.05, 0) is 6.92 Å². The van der Waals surface area contributed by atoms with Gasteiger partial charge in [0, 0.05) is 6.20 Å². The number of carboxylic acids is 1. The number of nitrogens with zero attached hydrogens (tertiary/aromatic N) is 3. The van der Waals surface area contributed by atoms with Crippen molar-refractivity contribution in [3.8, 4) is 0 Å². The first kappa shape index (κ1) is 10.0. The van der Waals surface area contributed by atoms with Crippen LogP contribution in [0.5, 0.6) is 0 Å². The van der Waals surface area contributed by atoms with Crippen molar-refractivity contribution < 1.29 is 14.7 Å². The van der Waals surface area contributed by atoms with E-state index in [1.807, 2.05) is 0 Å². The van der Waals surface area contributed by atoms with Gasteiger partial charge in [-0.1, -0.05) is 0 Å². The highest BCUT2D eigenvalue weighted by atomic mass is 16.4. The van der Waals surface area contributed by atoms with Crippen molar-refractivity contribution in [2.45, 2.75) is 13.0 Å². The van der Waals surface area contributed by atoms with Crippen molar-refractivity contribution >= 4 is 17.4 Å². The van der Waals surface area contributed by atoms with Crippen LogP contribution in [0.4, 0.5) is 5.69 Å². The van der Waals surface area contributed by atoms with Gasteiger partial charge in [0.15, 0.2) is 5.78 Å². The molecule has 0 spiro atoms. The third kappa shape index (κ3) is 2.47. The fourth-order valence-corrected chi connectivity index (χ4v) is 0.728. The van der Waals surface area contributed by atoms with Gasteiger partial charge < -0.3 is 5.11 Å². The van der Waals surface area contributed by atoms with E-state index in [0.717, 1.165) is 6.92 Å². The summed E-state index contributed by atoms with van der Waals surface area (Å²) in [5.41, 5.74) is 0.373. The second-order valence-electron chi connectivity index (χ2n) is 2.52. The summed E-state index contributed by atoms with van der Waals surface area (Å²) in [4.78, 5) is 21.3. The predicted molar refractivity (Wildman–Crippen MR) is 45.2 cm³/mol. The van der Waals surface area contributed by atoms with Gasteiger partial charge in [0.05, 0.1) is 6.20 Å². The Bertz CT molecular complexity index is 343. The highest BCUT2D eigenvalue weighted by Gasteiger charge is 2.21. The molecule has 0 aliphatic rings. The van der Waals surface area contributed by atoms with E-state index in [9.17, 15) is 9.59 Å². The molecule has 0 aromatic carbocycles. The topological polar surface area (TPSA) is 108 Å². The molecular formula is C7H8N4O3. The molecule has 0 bridgehead atoms. The van der Waals surface area contributed by atoms with E-state index in [4.69, 9.17) is 5.11 Å². The summed E-state index contributed by atoms with van der Waals surface area (Å²) in [6.07, 6.45) is 2.80. The Kier molecular flexibility index (Phi) is 3.05. The van der Waals surface area contributed by atoms with Gasteiger partial charge in [0.1, 0.15) is 5.69 Å². The average Bonchev–Trinajstić information content (AvgIpc) is 2.55. The molecule has 1 atom stereocenters. The number of rotatable bonds is 4. The summed E-state index contributed by atoms with van der Waals surface area (Å²) >= 11 is 0. The molecule has 0 amide bonds. The number of aromatic amines is 1. The Labute approximate surface area is 78.9 Å². The molecule has 74 valence electrons. The lowest BCUT2D eigenvalue weighted by Crippen LogP contribution is -2.25. The number of carboxylic acid groups (broad SMARTS) is 1. The zero-order valence-corrected chi connectivity index (χ0v) is 7.34. The lowest BCUT2D eigenvalue weighted by Gasteiger charge is -1.98. The Hall–Kier alpha value is -2.05. The van der Waals surface area contributed by atoms with E-state index in [-0.39, 0.29) is 0 Å². The van der Waals surface area contributed by atoms with Crippen LogP contribution in [0.2, 0.25) is 0 Å². The smallest absolute Gasteiger partial charge is 0.338 e. The van der Waals surface area contributed by atoms with Crippen LogP contribution in [0.1, 0.15) is 6.92 Å². The van der Waals surface area contributed by atoms with E-state index in [1.165, 1.54) is 12.4 Å². The van der Waals surface area contributed by atoms with Crippen LogP contribution in [0.15, 0.2) is 22.6 Å². The number of Topliss-reactive ketones (excluding diaryl/α,β-unsaturated/α-hetero) is 1. The minimum absolute atomic E-state index is 0.373. The third-order valence-corrected chi connectivity index (χ3v) is 1.39. The Morgan fingerprint density at radius 2 is 2.36 bits per heavy atom. The van der Waals surface area contributed by atoms with Crippen LogP contribution in [-0.2, 0) is 9.59 Å². The van der Waals surface area contributed by atoms with Gasteiger partial charge in [0.2, 0.25) is 6.04 Å². The average molecular weight is 196 g/mol. The lowest BCUT2D eigenvalue weighted by atomic mass is 10.2. The summed E-state index contributed by atoms with van der Waals surface area (Å²) in [6, 6.07) is -1.44. The zero-order valence-electron chi connectivity index (χ0n) is 7.34. The quantitative estimate of drug-likeness (QED) is 0.541. The van der Waals surface area contributed by atoms with Crippen LogP contribution in [0, 0.1) is 0 Å². The van der Waals surface area contributed by atoms with Crippen molar-refractivity contribution in [3.63, 3.8) is 0 Å². The molecular weight excluding hydrogens is 188 g/mol. The number of H-pyrrole nitrogens is 1. The summed E-state index contributed by atoms with van der Waals surface area (Å²) < 4.78 is 0. The van der Waals surface area contributed by atoms with E-state index in [2.05, 4.69) is 20.4 Å². The fraction of sp³-hybridized carbons (Fsp3) is 0.286. The first-order valence-corrected chi connectivity index (χ1v) is 3.74. The van der Waals surface area contributed by atoms with Gasteiger partial charge in [-0.15, -0.1) is 0 Å². The molecule has 7 heteroatoms. The van der Waals surface area contributed by atoms with Gasteiger partial charge in [-0.25, -0.2) is 4.79 Å². The molecule has 0 aliphatic heterocycles. The van der Waals surface area contributed by atoms with E-state index in [0.29, 0.717) is 5.69 Å². The molecule has 0 radical (unpaired) electrons. The number of azo groups is 1. The van der Waals surface area contributed by atoms with Gasteiger partial charge >= 0.3 is 5.97 Å². The number of ketones is 1. The third-order valence-electron chi connectivity index (χ3n) is 1.39. The number of nitrogens with one attached hydrogen (secondary N) is 1. The van der Waals surface area contributed by atoms with Crippen molar-refractivity contribution in [1.29, 1.82) is 0 Å². The number of aliphatic carboxylic acids is 1. The van der Waals surface area contributed by atoms with Crippen LogP contribution in [0.3, 0.4) is 0 Å². The van der Waals surface area contributed by atoms with E-state index >= 15 is 0 Å². The Morgan fingerprint density at radius 1 is 1.64 bits per heavy atom. The highest BCUT2D eigenvalue weighted by Crippen LogP contribution is 2.08. The lowest BCUT2D eigenvalue weighted by molar-refractivity contribution is -0.141. The number of carbonyl (C=O) groups excluding carboxylic acids is 1. The molecule has 1 aromatic rings. The van der Waals surface area contributed by atoms with Crippen LogP contribution in [0.25, 0.3) is 0 Å². The SMILES string of the molecule is CC(=O)C(/N=N/c1cn[nH]c1)C(=O)O. The molecule has 0 saturated heterocycles. The molecule has 1 rings (SSSR count). The number of hydrogen-bond donors (Lipinski definition) is 2. The first-order valence-electron chi connectivity index (χ1n) is 3.74. The Morgan fingerprint density at radius 3 is 2.79 bits per heavy atom. The maximum absolute atomic E-state index is 10.8. The van der Waals surface area contributed by atoms with Crippen LogP contribution >= 0.6 is 0 Å². The van der Waals surface area contributed by atoms with Crippen molar-refractivity contribution in [2.75, 3.05) is 0 Å². The molecule has 7 nitrogen and oxygen atoms in total. The van der Waals surface area contributed by atoms with Crippen LogP contribution in [-0.4, -0.2) is 33.1 Å². The Balaban J connectivity index is 2.74. The fourth-order valence-electron chi connectivity index (χ4n) is 0.728. The molecule has 1 unspecified atom stereocenters.